The summed E-state index contributed by atoms with van der Waals surface area (Å²) in [7, 11) is 2.10. The van der Waals surface area contributed by atoms with Crippen LogP contribution in [0.2, 0.25) is 6.32 Å². The van der Waals surface area contributed by atoms with E-state index in [2.05, 4.69) is 5.32 Å². The van der Waals surface area contributed by atoms with Crippen molar-refractivity contribution in [2.45, 2.75) is 51.3 Å². The van der Waals surface area contributed by atoms with E-state index in [0.717, 1.165) is 5.56 Å². The summed E-state index contributed by atoms with van der Waals surface area (Å²) < 4.78 is 33.7. The van der Waals surface area contributed by atoms with Gasteiger partial charge in [-0.05, 0) is 44.9 Å². The molecule has 2 rings (SSSR count). The van der Waals surface area contributed by atoms with E-state index in [9.17, 15) is 14.2 Å². The van der Waals surface area contributed by atoms with Gasteiger partial charge in [0.2, 0.25) is 0 Å². The maximum atomic E-state index is 12.5. The zero-order chi connectivity index (χ0) is 20.8. The van der Waals surface area contributed by atoms with Gasteiger partial charge < -0.3 is 24.1 Å². The van der Waals surface area contributed by atoms with Crippen LogP contribution in [0, 0.1) is 0 Å². The lowest BCUT2D eigenvalue weighted by atomic mass is 10.0. The molecule has 0 saturated carbocycles. The van der Waals surface area contributed by atoms with Gasteiger partial charge >= 0.3 is 13.7 Å². The standard InChI is InChI=1S/C18H25BNO7P/c1-18(2,3)26-17(22)20-14(10-21)8-13-4-6-15(7-5-13)27-28(23)12-24-16(9-19)11-25-28/h4-7,10,14,16H,8-9,11-12H2,1-3H3,(H,20,22)/t14-,16-,28?/m0/s1. The SMILES string of the molecule is [B]C[C@H]1COP(=O)(Oc2ccc(C[C@@H](C=O)NC(=O)OC(C)(C)C)cc2)CO1. The highest BCUT2D eigenvalue weighted by molar-refractivity contribution is 7.54. The summed E-state index contributed by atoms with van der Waals surface area (Å²) >= 11 is 0. The molecule has 28 heavy (non-hydrogen) atoms. The number of alkyl carbamates (subject to hydrolysis) is 1. The molecule has 1 aliphatic rings. The summed E-state index contributed by atoms with van der Waals surface area (Å²) in [6.45, 7) is 5.33. The van der Waals surface area contributed by atoms with Gasteiger partial charge in [0.15, 0.2) is 6.35 Å². The number of ether oxygens (including phenoxy) is 2. The van der Waals surface area contributed by atoms with Crippen molar-refractivity contribution in [1.82, 2.24) is 5.32 Å². The molecule has 1 amide bonds. The van der Waals surface area contributed by atoms with Gasteiger partial charge in [-0.3, -0.25) is 4.52 Å². The van der Waals surface area contributed by atoms with Gasteiger partial charge in [0.1, 0.15) is 17.6 Å². The van der Waals surface area contributed by atoms with Crippen LogP contribution in [0.3, 0.4) is 0 Å². The average molecular weight is 409 g/mol. The van der Waals surface area contributed by atoms with Crippen LogP contribution in [-0.2, 0) is 29.8 Å². The fourth-order valence-corrected chi connectivity index (χ4v) is 3.77. The summed E-state index contributed by atoms with van der Waals surface area (Å²) in [4.78, 5) is 23.1. The quantitative estimate of drug-likeness (QED) is 0.420. The first-order valence-corrected chi connectivity index (χ1v) is 10.6. The van der Waals surface area contributed by atoms with Crippen molar-refractivity contribution < 1.29 is 32.7 Å². The Hall–Kier alpha value is -1.83. The molecule has 0 bridgehead atoms. The van der Waals surface area contributed by atoms with E-state index in [-0.39, 0.29) is 31.8 Å². The summed E-state index contributed by atoms with van der Waals surface area (Å²) in [6.07, 6.45) is 0.0956. The van der Waals surface area contributed by atoms with Crippen LogP contribution < -0.4 is 9.84 Å². The molecule has 8 nitrogen and oxygen atoms in total. The van der Waals surface area contributed by atoms with Crippen LogP contribution in [0.25, 0.3) is 0 Å². The minimum Gasteiger partial charge on any atom is -0.444 e. The number of carbonyl (C=O) groups is 2. The minimum absolute atomic E-state index is 0.114. The van der Waals surface area contributed by atoms with Gasteiger partial charge in [-0.2, -0.15) is 0 Å². The third-order valence-corrected chi connectivity index (χ3v) is 5.17. The number of carbonyl (C=O) groups excluding carboxylic acids is 2. The molecule has 0 aliphatic carbocycles. The lowest BCUT2D eigenvalue weighted by Crippen LogP contribution is -2.41. The third-order valence-electron chi connectivity index (χ3n) is 3.68. The topological polar surface area (TPSA) is 100 Å². The lowest BCUT2D eigenvalue weighted by molar-refractivity contribution is -0.109. The predicted octanol–water partition coefficient (Wildman–Crippen LogP) is 2.85. The van der Waals surface area contributed by atoms with Gasteiger partial charge in [0, 0.05) is 0 Å². The first-order chi connectivity index (χ1) is 13.1. The van der Waals surface area contributed by atoms with E-state index in [1.54, 1.807) is 45.0 Å². The van der Waals surface area contributed by atoms with Crippen LogP contribution in [0.1, 0.15) is 26.3 Å². The van der Waals surface area contributed by atoms with Gasteiger partial charge in [0.05, 0.1) is 26.6 Å². The predicted molar refractivity (Wildman–Crippen MR) is 104 cm³/mol. The van der Waals surface area contributed by atoms with Crippen LogP contribution in [0.15, 0.2) is 24.3 Å². The van der Waals surface area contributed by atoms with Crippen molar-refractivity contribution in [2.24, 2.45) is 0 Å². The normalized spacial score (nSPS) is 23.5. The third kappa shape index (κ3) is 7.30. The van der Waals surface area contributed by atoms with Gasteiger partial charge in [-0.1, -0.05) is 18.5 Å². The van der Waals surface area contributed by atoms with E-state index < -0.39 is 25.3 Å². The van der Waals surface area contributed by atoms with Gasteiger partial charge in [-0.15, -0.1) is 0 Å². The number of amides is 1. The second-order valence-electron chi connectivity index (χ2n) is 7.39. The molecule has 1 aromatic rings. The summed E-state index contributed by atoms with van der Waals surface area (Å²) in [5.41, 5.74) is 0.131. The number of benzene rings is 1. The summed E-state index contributed by atoms with van der Waals surface area (Å²) in [6, 6.07) is 5.92. The zero-order valence-corrected chi connectivity index (χ0v) is 17.1. The fraction of sp³-hybridized carbons (Fsp3) is 0.556. The number of hydrogen-bond donors (Lipinski definition) is 1. The molecule has 2 radical (unpaired) electrons. The van der Waals surface area contributed by atoms with E-state index in [1.165, 1.54) is 0 Å². The Kier molecular flexibility index (Phi) is 7.69. The molecule has 1 N–H and O–H groups in total. The van der Waals surface area contributed by atoms with Crippen molar-refractivity contribution >= 4 is 27.8 Å². The van der Waals surface area contributed by atoms with E-state index in [0.29, 0.717) is 12.0 Å². The molecule has 3 atom stereocenters. The smallest absolute Gasteiger partial charge is 0.408 e. The molecular weight excluding hydrogens is 384 g/mol. The molecule has 1 fully saturated rings. The van der Waals surface area contributed by atoms with Crippen LogP contribution in [0.5, 0.6) is 5.75 Å². The number of aldehydes is 1. The molecule has 1 saturated heterocycles. The molecule has 1 unspecified atom stereocenters. The minimum atomic E-state index is -3.38. The molecule has 0 aromatic heterocycles. The van der Waals surface area contributed by atoms with E-state index in [1.807, 2.05) is 0 Å². The zero-order valence-electron chi connectivity index (χ0n) is 16.3. The molecule has 1 heterocycles. The lowest BCUT2D eigenvalue weighted by Gasteiger charge is -2.28. The first-order valence-electron chi connectivity index (χ1n) is 8.91. The monoisotopic (exact) mass is 409 g/mol. The molecule has 0 spiro atoms. The summed E-state index contributed by atoms with van der Waals surface area (Å²) in [5.74, 6) is 0.352. The Morgan fingerprint density at radius 1 is 1.39 bits per heavy atom. The van der Waals surface area contributed by atoms with Crippen molar-refractivity contribution in [3.8, 4) is 5.75 Å². The average Bonchev–Trinajstić information content (AvgIpc) is 2.61. The Morgan fingerprint density at radius 2 is 2.07 bits per heavy atom. The number of hydrogen-bond acceptors (Lipinski definition) is 7. The fourth-order valence-electron chi connectivity index (χ4n) is 2.36. The highest BCUT2D eigenvalue weighted by atomic mass is 31.2. The molecule has 1 aliphatic heterocycles. The van der Waals surface area contributed by atoms with Crippen molar-refractivity contribution in [3.05, 3.63) is 29.8 Å². The highest BCUT2D eigenvalue weighted by Crippen LogP contribution is 2.51. The Bertz CT molecular complexity index is 708. The Labute approximate surface area is 166 Å². The molecule has 152 valence electrons. The van der Waals surface area contributed by atoms with Crippen LogP contribution >= 0.6 is 7.60 Å². The largest absolute Gasteiger partial charge is 0.444 e. The second kappa shape index (κ2) is 9.59. The van der Waals surface area contributed by atoms with Crippen molar-refractivity contribution in [2.75, 3.05) is 13.0 Å². The molecule has 1 aromatic carbocycles. The highest BCUT2D eigenvalue weighted by Gasteiger charge is 2.33. The number of rotatable bonds is 7. The number of nitrogens with one attached hydrogen (secondary N) is 1. The molecule has 10 heteroatoms. The maximum Gasteiger partial charge on any atom is 0.408 e. The van der Waals surface area contributed by atoms with Gasteiger partial charge in [-0.25, -0.2) is 9.36 Å². The second-order valence-corrected chi connectivity index (χ2v) is 9.31. The van der Waals surface area contributed by atoms with Gasteiger partial charge in [0.25, 0.3) is 0 Å². The van der Waals surface area contributed by atoms with Crippen molar-refractivity contribution in [1.29, 1.82) is 0 Å². The Balaban J connectivity index is 1.90. The first kappa shape index (κ1) is 22.5. The Morgan fingerprint density at radius 3 is 2.57 bits per heavy atom. The molecular formula is C18H25BNO7P. The van der Waals surface area contributed by atoms with E-state index in [4.69, 9.17) is 26.4 Å². The van der Waals surface area contributed by atoms with Crippen LogP contribution in [-0.4, -0.2) is 50.9 Å². The van der Waals surface area contributed by atoms with Crippen molar-refractivity contribution in [3.63, 3.8) is 0 Å². The van der Waals surface area contributed by atoms with Crippen LogP contribution in [0.4, 0.5) is 4.79 Å². The van der Waals surface area contributed by atoms with E-state index >= 15 is 0 Å². The summed E-state index contributed by atoms with van der Waals surface area (Å²) in [5, 5.41) is 2.52. The maximum absolute atomic E-state index is 12.5.